The highest BCUT2D eigenvalue weighted by molar-refractivity contribution is 5.95. The van der Waals surface area contributed by atoms with Crippen LogP contribution in [0.3, 0.4) is 0 Å². The maximum absolute atomic E-state index is 11.3. The van der Waals surface area contributed by atoms with Crippen molar-refractivity contribution in [2.75, 3.05) is 0 Å². The standard InChI is InChI=1S/C12H14N2O2/c1-9(12(13)16)14-11(15)8-7-10-5-3-2-4-6-10/h2-9H,1H3,(H2,13,16)(H,14,15)/b8-7+. The molecule has 1 rings (SSSR count). The first kappa shape index (κ1) is 12.0. The van der Waals surface area contributed by atoms with Crippen LogP contribution in [-0.4, -0.2) is 17.9 Å². The maximum Gasteiger partial charge on any atom is 0.244 e. The number of nitrogens with one attached hydrogen (secondary N) is 1. The topological polar surface area (TPSA) is 72.2 Å². The zero-order chi connectivity index (χ0) is 12.0. The minimum atomic E-state index is -0.659. The van der Waals surface area contributed by atoms with Crippen molar-refractivity contribution in [2.45, 2.75) is 13.0 Å². The van der Waals surface area contributed by atoms with Crippen molar-refractivity contribution in [2.24, 2.45) is 5.73 Å². The number of carbonyl (C=O) groups is 2. The molecule has 0 heterocycles. The molecule has 1 aromatic rings. The fourth-order valence-corrected chi connectivity index (χ4v) is 1.07. The van der Waals surface area contributed by atoms with Gasteiger partial charge in [0.15, 0.2) is 0 Å². The molecule has 0 spiro atoms. The van der Waals surface area contributed by atoms with E-state index in [9.17, 15) is 9.59 Å². The number of hydrogen-bond acceptors (Lipinski definition) is 2. The lowest BCUT2D eigenvalue weighted by Gasteiger charge is -2.06. The summed E-state index contributed by atoms with van der Waals surface area (Å²) in [6.07, 6.45) is 3.04. The molecule has 0 saturated carbocycles. The van der Waals surface area contributed by atoms with E-state index in [2.05, 4.69) is 5.32 Å². The molecule has 0 aliphatic carbocycles. The number of benzene rings is 1. The Morgan fingerprint density at radius 3 is 2.50 bits per heavy atom. The van der Waals surface area contributed by atoms with Gasteiger partial charge in [-0.1, -0.05) is 30.3 Å². The second-order valence-corrected chi connectivity index (χ2v) is 3.38. The Hall–Kier alpha value is -2.10. The van der Waals surface area contributed by atoms with Crippen molar-refractivity contribution in [1.82, 2.24) is 5.32 Å². The average molecular weight is 218 g/mol. The van der Waals surface area contributed by atoms with E-state index in [1.807, 2.05) is 30.3 Å². The van der Waals surface area contributed by atoms with E-state index < -0.39 is 11.9 Å². The average Bonchev–Trinajstić information content (AvgIpc) is 2.27. The van der Waals surface area contributed by atoms with Crippen LogP contribution < -0.4 is 11.1 Å². The van der Waals surface area contributed by atoms with Crippen molar-refractivity contribution >= 4 is 17.9 Å². The SMILES string of the molecule is CC(NC(=O)/C=C/c1ccccc1)C(N)=O. The van der Waals surface area contributed by atoms with Crippen LogP contribution in [0.5, 0.6) is 0 Å². The number of amides is 2. The predicted molar refractivity (Wildman–Crippen MR) is 62.3 cm³/mol. The Labute approximate surface area is 94.1 Å². The summed E-state index contributed by atoms with van der Waals surface area (Å²) in [4.78, 5) is 22.0. The minimum Gasteiger partial charge on any atom is -0.368 e. The summed E-state index contributed by atoms with van der Waals surface area (Å²) in [5, 5.41) is 2.45. The highest BCUT2D eigenvalue weighted by Gasteiger charge is 2.09. The van der Waals surface area contributed by atoms with Gasteiger partial charge in [-0.3, -0.25) is 9.59 Å². The van der Waals surface area contributed by atoms with Crippen molar-refractivity contribution in [3.05, 3.63) is 42.0 Å². The van der Waals surface area contributed by atoms with Crippen LogP contribution in [0, 0.1) is 0 Å². The molecule has 1 unspecified atom stereocenters. The van der Waals surface area contributed by atoms with Gasteiger partial charge in [0.25, 0.3) is 0 Å². The largest absolute Gasteiger partial charge is 0.368 e. The lowest BCUT2D eigenvalue weighted by molar-refractivity contribution is -0.124. The first-order valence-electron chi connectivity index (χ1n) is 4.92. The van der Waals surface area contributed by atoms with E-state index in [1.54, 1.807) is 6.08 Å². The summed E-state index contributed by atoms with van der Waals surface area (Å²) in [5.41, 5.74) is 5.93. The summed E-state index contributed by atoms with van der Waals surface area (Å²) in [7, 11) is 0. The third-order valence-corrected chi connectivity index (χ3v) is 2.01. The fraction of sp³-hybridized carbons (Fsp3) is 0.167. The molecule has 0 fully saturated rings. The maximum atomic E-state index is 11.3. The molecule has 84 valence electrons. The minimum absolute atomic E-state index is 0.338. The quantitative estimate of drug-likeness (QED) is 0.730. The van der Waals surface area contributed by atoms with Gasteiger partial charge in [0, 0.05) is 6.08 Å². The summed E-state index contributed by atoms with van der Waals surface area (Å²) in [6.45, 7) is 1.54. The van der Waals surface area contributed by atoms with Gasteiger partial charge >= 0.3 is 0 Å². The molecule has 1 aromatic carbocycles. The molecule has 0 aliphatic rings. The summed E-state index contributed by atoms with van der Waals surface area (Å²) in [5.74, 6) is -0.892. The van der Waals surface area contributed by atoms with Gasteiger partial charge in [-0.05, 0) is 18.6 Å². The van der Waals surface area contributed by atoms with Gasteiger partial charge in [0.2, 0.25) is 11.8 Å². The highest BCUT2D eigenvalue weighted by Crippen LogP contribution is 2.00. The number of rotatable bonds is 4. The van der Waals surface area contributed by atoms with Gasteiger partial charge < -0.3 is 11.1 Å². The summed E-state index contributed by atoms with van der Waals surface area (Å²) in [6, 6.07) is 8.75. The second kappa shape index (κ2) is 5.70. The lowest BCUT2D eigenvalue weighted by Crippen LogP contribution is -2.41. The molecule has 2 amide bonds. The molecule has 0 aliphatic heterocycles. The van der Waals surface area contributed by atoms with E-state index in [0.717, 1.165) is 5.56 Å². The molecular formula is C12H14N2O2. The van der Waals surface area contributed by atoms with Crippen LogP contribution >= 0.6 is 0 Å². The monoisotopic (exact) mass is 218 g/mol. The smallest absolute Gasteiger partial charge is 0.244 e. The van der Waals surface area contributed by atoms with Crippen LogP contribution in [0.15, 0.2) is 36.4 Å². The van der Waals surface area contributed by atoms with E-state index in [1.165, 1.54) is 13.0 Å². The lowest BCUT2D eigenvalue weighted by atomic mass is 10.2. The highest BCUT2D eigenvalue weighted by atomic mass is 16.2. The second-order valence-electron chi connectivity index (χ2n) is 3.38. The fourth-order valence-electron chi connectivity index (χ4n) is 1.07. The van der Waals surface area contributed by atoms with Crippen molar-refractivity contribution in [3.8, 4) is 0 Å². The molecular weight excluding hydrogens is 204 g/mol. The zero-order valence-corrected chi connectivity index (χ0v) is 9.01. The molecule has 16 heavy (non-hydrogen) atoms. The van der Waals surface area contributed by atoms with Crippen LogP contribution in [-0.2, 0) is 9.59 Å². The molecule has 3 N–H and O–H groups in total. The Morgan fingerprint density at radius 2 is 1.94 bits per heavy atom. The van der Waals surface area contributed by atoms with Crippen LogP contribution in [0.1, 0.15) is 12.5 Å². The van der Waals surface area contributed by atoms with Crippen LogP contribution in [0.25, 0.3) is 6.08 Å². The Kier molecular flexibility index (Phi) is 4.27. The van der Waals surface area contributed by atoms with Gasteiger partial charge in [-0.15, -0.1) is 0 Å². The first-order valence-corrected chi connectivity index (χ1v) is 4.92. The zero-order valence-electron chi connectivity index (χ0n) is 9.01. The Bertz CT molecular complexity index is 399. The molecule has 0 bridgehead atoms. The number of hydrogen-bond donors (Lipinski definition) is 2. The third kappa shape index (κ3) is 3.96. The van der Waals surface area contributed by atoms with E-state index in [4.69, 9.17) is 5.73 Å². The van der Waals surface area contributed by atoms with Crippen molar-refractivity contribution in [1.29, 1.82) is 0 Å². The third-order valence-electron chi connectivity index (χ3n) is 2.01. The molecule has 4 nitrogen and oxygen atoms in total. The van der Waals surface area contributed by atoms with Gasteiger partial charge in [0.1, 0.15) is 6.04 Å². The normalized spacial score (nSPS) is 12.3. The molecule has 0 radical (unpaired) electrons. The van der Waals surface area contributed by atoms with E-state index in [-0.39, 0.29) is 5.91 Å². The Balaban J connectivity index is 2.52. The number of nitrogens with two attached hydrogens (primary N) is 1. The van der Waals surface area contributed by atoms with E-state index >= 15 is 0 Å². The number of carbonyl (C=O) groups excluding carboxylic acids is 2. The first-order chi connectivity index (χ1) is 7.59. The van der Waals surface area contributed by atoms with Gasteiger partial charge in [-0.2, -0.15) is 0 Å². The number of primary amides is 1. The van der Waals surface area contributed by atoms with Gasteiger partial charge in [0.05, 0.1) is 0 Å². The molecule has 0 aromatic heterocycles. The Morgan fingerprint density at radius 1 is 1.31 bits per heavy atom. The van der Waals surface area contributed by atoms with Gasteiger partial charge in [-0.25, -0.2) is 0 Å². The van der Waals surface area contributed by atoms with Crippen molar-refractivity contribution in [3.63, 3.8) is 0 Å². The summed E-state index contributed by atoms with van der Waals surface area (Å²) >= 11 is 0. The van der Waals surface area contributed by atoms with Crippen LogP contribution in [0.4, 0.5) is 0 Å². The van der Waals surface area contributed by atoms with Crippen molar-refractivity contribution < 1.29 is 9.59 Å². The van der Waals surface area contributed by atoms with Crippen LogP contribution in [0.2, 0.25) is 0 Å². The molecule has 1 atom stereocenters. The molecule has 4 heteroatoms. The van der Waals surface area contributed by atoms with E-state index in [0.29, 0.717) is 0 Å². The summed E-state index contributed by atoms with van der Waals surface area (Å²) < 4.78 is 0. The molecule has 0 saturated heterocycles. The predicted octanol–water partition coefficient (Wildman–Crippen LogP) is 0.690.